The number of hydrogen-bond donors (Lipinski definition) is 2. The van der Waals surface area contributed by atoms with Gasteiger partial charge in [0.2, 0.25) is 0 Å². The normalized spacial score (nSPS) is 14.1. The van der Waals surface area contributed by atoms with Gasteiger partial charge in [0.1, 0.15) is 12.4 Å². The van der Waals surface area contributed by atoms with Crippen LogP contribution in [0.1, 0.15) is 56.0 Å². The predicted molar refractivity (Wildman–Crippen MR) is 139 cm³/mol. The lowest BCUT2D eigenvalue weighted by Gasteiger charge is -2.34. The van der Waals surface area contributed by atoms with Crippen molar-refractivity contribution in [3.05, 3.63) is 65.9 Å². The van der Waals surface area contributed by atoms with E-state index >= 15 is 0 Å². The van der Waals surface area contributed by atoms with Crippen LogP contribution in [0, 0.1) is 0 Å². The van der Waals surface area contributed by atoms with E-state index in [0.29, 0.717) is 11.4 Å². The van der Waals surface area contributed by atoms with Gasteiger partial charge in [0.15, 0.2) is 0 Å². The summed E-state index contributed by atoms with van der Waals surface area (Å²) < 4.78 is 5.90. The van der Waals surface area contributed by atoms with Crippen molar-refractivity contribution < 1.29 is 19.7 Å². The third kappa shape index (κ3) is 5.65. The highest BCUT2D eigenvalue weighted by Gasteiger charge is 2.24. The molecule has 0 bridgehead atoms. The lowest BCUT2D eigenvalue weighted by molar-refractivity contribution is 0.0696. The van der Waals surface area contributed by atoms with Crippen molar-refractivity contribution in [1.29, 1.82) is 0 Å². The summed E-state index contributed by atoms with van der Waals surface area (Å²) in [6.45, 7) is 9.03. The predicted octanol–water partition coefficient (Wildman–Crippen LogP) is 5.77. The number of aromatic carboxylic acids is 1. The van der Waals surface area contributed by atoms with Gasteiger partial charge in [0.25, 0.3) is 0 Å². The molecule has 35 heavy (non-hydrogen) atoms. The number of anilines is 1. The van der Waals surface area contributed by atoms with Crippen LogP contribution in [0.15, 0.2) is 54.7 Å². The zero-order valence-electron chi connectivity index (χ0n) is 20.8. The summed E-state index contributed by atoms with van der Waals surface area (Å²) in [7, 11) is 0. The van der Waals surface area contributed by atoms with E-state index in [1.165, 1.54) is 36.7 Å². The van der Waals surface area contributed by atoms with Crippen LogP contribution in [0.25, 0.3) is 22.4 Å². The molecule has 0 spiro atoms. The standard InChI is InChI=1S/C29H34N2O4/c1-29(2,3)24-18-20(8-11-26(24)31-13-5-4-6-14-31)23-17-21(9-12-27(23)35-16-15-32)25-10-7-22(19-30-25)28(33)34/h7-12,17-19,32H,4-6,13-16H2,1-3H3,(H,33,34). The molecule has 2 N–H and O–H groups in total. The maximum Gasteiger partial charge on any atom is 0.337 e. The van der Waals surface area contributed by atoms with Crippen molar-refractivity contribution in [3.63, 3.8) is 0 Å². The fourth-order valence-corrected chi connectivity index (χ4v) is 4.60. The Labute approximate surface area is 207 Å². The minimum absolute atomic E-state index is 0.0409. The van der Waals surface area contributed by atoms with Crippen LogP contribution in [-0.2, 0) is 5.41 Å². The van der Waals surface area contributed by atoms with Gasteiger partial charge < -0.3 is 19.8 Å². The Morgan fingerprint density at radius 2 is 1.74 bits per heavy atom. The zero-order chi connectivity index (χ0) is 25.0. The van der Waals surface area contributed by atoms with Gasteiger partial charge in [-0.2, -0.15) is 0 Å². The molecular weight excluding hydrogens is 440 g/mol. The number of carbonyl (C=O) groups is 1. The first-order valence-electron chi connectivity index (χ1n) is 12.3. The Hall–Kier alpha value is -3.38. The van der Waals surface area contributed by atoms with Gasteiger partial charge in [-0.15, -0.1) is 0 Å². The number of hydrogen-bond acceptors (Lipinski definition) is 5. The zero-order valence-corrected chi connectivity index (χ0v) is 20.8. The van der Waals surface area contributed by atoms with Crippen LogP contribution < -0.4 is 9.64 Å². The molecule has 184 valence electrons. The first kappa shape index (κ1) is 24.7. The first-order valence-corrected chi connectivity index (χ1v) is 12.3. The van der Waals surface area contributed by atoms with E-state index in [1.54, 1.807) is 12.1 Å². The van der Waals surface area contributed by atoms with E-state index in [9.17, 15) is 15.0 Å². The lowest BCUT2D eigenvalue weighted by atomic mass is 9.83. The second kappa shape index (κ2) is 10.5. The van der Waals surface area contributed by atoms with E-state index < -0.39 is 5.97 Å². The lowest BCUT2D eigenvalue weighted by Crippen LogP contribution is -2.31. The largest absolute Gasteiger partial charge is 0.491 e. The van der Waals surface area contributed by atoms with Gasteiger partial charge in [-0.3, -0.25) is 4.98 Å². The molecular formula is C29H34N2O4. The van der Waals surface area contributed by atoms with Crippen LogP contribution in [0.2, 0.25) is 0 Å². The van der Waals surface area contributed by atoms with Gasteiger partial charge in [-0.05, 0) is 78.3 Å². The highest BCUT2D eigenvalue weighted by molar-refractivity contribution is 5.87. The summed E-state index contributed by atoms with van der Waals surface area (Å²) >= 11 is 0. The number of pyridine rings is 1. The summed E-state index contributed by atoms with van der Waals surface area (Å²) in [4.78, 5) is 18.1. The van der Waals surface area contributed by atoms with Gasteiger partial charge in [-0.1, -0.05) is 26.8 Å². The Morgan fingerprint density at radius 1 is 1.00 bits per heavy atom. The van der Waals surface area contributed by atoms with E-state index in [0.717, 1.165) is 29.8 Å². The van der Waals surface area contributed by atoms with Crippen molar-refractivity contribution in [2.45, 2.75) is 45.4 Å². The molecule has 0 saturated carbocycles. The van der Waals surface area contributed by atoms with Crippen molar-refractivity contribution in [1.82, 2.24) is 4.98 Å². The number of aliphatic hydroxyl groups excluding tert-OH is 1. The maximum absolute atomic E-state index is 11.2. The smallest absolute Gasteiger partial charge is 0.337 e. The fraction of sp³-hybridized carbons (Fsp3) is 0.379. The molecule has 4 rings (SSSR count). The van der Waals surface area contributed by atoms with Crippen molar-refractivity contribution in [2.75, 3.05) is 31.2 Å². The number of aromatic nitrogens is 1. The molecule has 0 unspecified atom stereocenters. The molecule has 1 aromatic heterocycles. The third-order valence-electron chi connectivity index (χ3n) is 6.45. The molecule has 6 heteroatoms. The van der Waals surface area contributed by atoms with E-state index in [2.05, 4.69) is 48.9 Å². The quantitative estimate of drug-likeness (QED) is 0.452. The summed E-state index contributed by atoms with van der Waals surface area (Å²) in [5.41, 5.74) is 6.20. The van der Waals surface area contributed by atoms with Crippen molar-refractivity contribution >= 4 is 11.7 Å². The second-order valence-corrected chi connectivity index (χ2v) is 10.0. The highest BCUT2D eigenvalue weighted by atomic mass is 16.5. The van der Waals surface area contributed by atoms with Crippen LogP contribution in [0.3, 0.4) is 0 Å². The molecule has 6 nitrogen and oxygen atoms in total. The average Bonchev–Trinajstić information content (AvgIpc) is 2.87. The molecule has 0 aliphatic carbocycles. The Kier molecular flexibility index (Phi) is 7.41. The number of ether oxygens (including phenoxy) is 1. The molecule has 1 aliphatic rings. The molecule has 1 fully saturated rings. The topological polar surface area (TPSA) is 82.9 Å². The number of rotatable bonds is 7. The third-order valence-corrected chi connectivity index (χ3v) is 6.45. The highest BCUT2D eigenvalue weighted by Crippen LogP contribution is 2.40. The van der Waals surface area contributed by atoms with Gasteiger partial charge >= 0.3 is 5.97 Å². The Bertz CT molecular complexity index is 1180. The van der Waals surface area contributed by atoms with E-state index in [-0.39, 0.29) is 24.2 Å². The van der Waals surface area contributed by atoms with E-state index in [1.807, 2.05) is 18.2 Å². The summed E-state index contributed by atoms with van der Waals surface area (Å²) in [5.74, 6) is -0.309. The van der Waals surface area contributed by atoms with Crippen LogP contribution >= 0.6 is 0 Å². The first-order chi connectivity index (χ1) is 16.8. The van der Waals surface area contributed by atoms with Crippen molar-refractivity contribution in [3.8, 4) is 28.1 Å². The number of nitrogens with zero attached hydrogens (tertiary/aromatic N) is 2. The van der Waals surface area contributed by atoms with Crippen molar-refractivity contribution in [2.24, 2.45) is 0 Å². The molecule has 1 saturated heterocycles. The number of aliphatic hydroxyl groups is 1. The monoisotopic (exact) mass is 474 g/mol. The van der Waals surface area contributed by atoms with Crippen LogP contribution in [0.4, 0.5) is 5.69 Å². The minimum atomic E-state index is -0.999. The van der Waals surface area contributed by atoms with Gasteiger partial charge in [-0.25, -0.2) is 4.79 Å². The molecule has 1 aliphatic heterocycles. The SMILES string of the molecule is CC(C)(C)c1cc(-c2cc(-c3ccc(C(=O)O)cn3)ccc2OCCO)ccc1N1CCCCC1. The second-order valence-electron chi connectivity index (χ2n) is 10.0. The molecule has 0 amide bonds. The van der Waals surface area contributed by atoms with Crippen LogP contribution in [0.5, 0.6) is 5.75 Å². The minimum Gasteiger partial charge on any atom is -0.491 e. The maximum atomic E-state index is 11.2. The molecule has 0 atom stereocenters. The average molecular weight is 475 g/mol. The molecule has 2 heterocycles. The fourth-order valence-electron chi connectivity index (χ4n) is 4.60. The van der Waals surface area contributed by atoms with Gasteiger partial charge in [0, 0.05) is 36.1 Å². The number of benzene rings is 2. The van der Waals surface area contributed by atoms with Gasteiger partial charge in [0.05, 0.1) is 17.9 Å². The molecule has 0 radical (unpaired) electrons. The Balaban J connectivity index is 1.80. The van der Waals surface area contributed by atoms with Crippen LogP contribution in [-0.4, -0.2) is 47.5 Å². The summed E-state index contributed by atoms with van der Waals surface area (Å²) in [5, 5.41) is 18.5. The molecule has 3 aromatic rings. The number of carboxylic acid groups (broad SMARTS) is 1. The number of carboxylic acids is 1. The molecule has 2 aromatic carbocycles. The summed E-state index contributed by atoms with van der Waals surface area (Å²) in [6.07, 6.45) is 5.11. The number of piperidine rings is 1. The summed E-state index contributed by atoms with van der Waals surface area (Å²) in [6, 6.07) is 15.7. The van der Waals surface area contributed by atoms with E-state index in [4.69, 9.17) is 4.74 Å². The Morgan fingerprint density at radius 3 is 2.37 bits per heavy atom.